The van der Waals surface area contributed by atoms with Gasteiger partial charge in [0.05, 0.1) is 5.56 Å². The highest BCUT2D eigenvalue weighted by atomic mass is 127. The van der Waals surface area contributed by atoms with Crippen molar-refractivity contribution in [1.82, 2.24) is 10.2 Å². The summed E-state index contributed by atoms with van der Waals surface area (Å²) in [6, 6.07) is 5.83. The first-order valence-corrected chi connectivity index (χ1v) is 8.93. The first-order chi connectivity index (χ1) is 9.60. The molecule has 0 aliphatic carbocycles. The van der Waals surface area contributed by atoms with E-state index in [9.17, 15) is 4.79 Å². The second kappa shape index (κ2) is 7.75. The highest BCUT2D eigenvalue weighted by Crippen LogP contribution is 2.20. The normalized spacial score (nSPS) is 17.1. The summed E-state index contributed by atoms with van der Waals surface area (Å²) in [5.41, 5.74) is 0.725. The summed E-state index contributed by atoms with van der Waals surface area (Å²) in [5.74, 6) is 0.636. The summed E-state index contributed by atoms with van der Waals surface area (Å²) in [5, 5.41) is 3.08. The van der Waals surface area contributed by atoms with E-state index in [1.807, 2.05) is 18.2 Å². The van der Waals surface area contributed by atoms with Crippen LogP contribution in [0.4, 0.5) is 0 Å². The third-order valence-electron chi connectivity index (χ3n) is 3.88. The lowest BCUT2D eigenvalue weighted by Gasteiger charge is -2.31. The zero-order chi connectivity index (χ0) is 14.5. The maximum Gasteiger partial charge on any atom is 0.252 e. The Morgan fingerprint density at radius 1 is 1.45 bits per heavy atom. The quantitative estimate of drug-likeness (QED) is 0.712. The number of carbonyl (C=O) groups excluding carboxylic acids is 1. The van der Waals surface area contributed by atoms with Gasteiger partial charge in [-0.05, 0) is 95.1 Å². The molecule has 1 heterocycles. The van der Waals surface area contributed by atoms with Gasteiger partial charge in [-0.2, -0.15) is 0 Å². The molecule has 5 heteroatoms. The van der Waals surface area contributed by atoms with Crippen LogP contribution in [0, 0.1) is 9.49 Å². The van der Waals surface area contributed by atoms with Crippen LogP contribution >= 0.6 is 38.5 Å². The molecule has 1 aliphatic heterocycles. The Balaban J connectivity index is 1.85. The molecule has 20 heavy (non-hydrogen) atoms. The first kappa shape index (κ1) is 16.2. The Kier molecular flexibility index (Phi) is 6.29. The fraction of sp³-hybridized carbons (Fsp3) is 0.533. The van der Waals surface area contributed by atoms with Crippen LogP contribution in [0.3, 0.4) is 0 Å². The Morgan fingerprint density at radius 3 is 2.80 bits per heavy atom. The van der Waals surface area contributed by atoms with Gasteiger partial charge in [-0.15, -0.1) is 0 Å². The fourth-order valence-corrected chi connectivity index (χ4v) is 3.43. The van der Waals surface area contributed by atoms with Crippen LogP contribution in [-0.4, -0.2) is 37.0 Å². The minimum atomic E-state index is 0.0216. The van der Waals surface area contributed by atoms with E-state index in [4.69, 9.17) is 0 Å². The van der Waals surface area contributed by atoms with Crippen molar-refractivity contribution in [2.75, 3.05) is 26.2 Å². The highest BCUT2D eigenvalue weighted by molar-refractivity contribution is 14.1. The van der Waals surface area contributed by atoms with E-state index >= 15 is 0 Å². The van der Waals surface area contributed by atoms with Crippen LogP contribution in [0.1, 0.15) is 30.1 Å². The number of piperidine rings is 1. The van der Waals surface area contributed by atoms with Gasteiger partial charge in [0.25, 0.3) is 5.91 Å². The van der Waals surface area contributed by atoms with Crippen molar-refractivity contribution < 1.29 is 4.79 Å². The molecule has 2 rings (SSSR count). The standard InChI is InChI=1S/C15H20BrIN2O/c1-2-19-7-5-11(6-8-19)10-18-15(20)13-9-12(17)3-4-14(13)16/h3-4,9,11H,2,5-8,10H2,1H3,(H,18,20). The SMILES string of the molecule is CCN1CCC(CNC(=O)c2cc(I)ccc2Br)CC1. The first-order valence-electron chi connectivity index (χ1n) is 7.05. The number of nitrogens with one attached hydrogen (secondary N) is 1. The smallest absolute Gasteiger partial charge is 0.252 e. The topological polar surface area (TPSA) is 32.3 Å². The van der Waals surface area contributed by atoms with E-state index in [0.717, 1.165) is 39.8 Å². The lowest BCUT2D eigenvalue weighted by molar-refractivity contribution is 0.0936. The molecular formula is C15H20BrIN2O. The monoisotopic (exact) mass is 450 g/mol. The fourth-order valence-electron chi connectivity index (χ4n) is 2.51. The van der Waals surface area contributed by atoms with Gasteiger partial charge in [0.15, 0.2) is 0 Å². The Labute approximate surface area is 142 Å². The summed E-state index contributed by atoms with van der Waals surface area (Å²) in [6.07, 6.45) is 2.36. The molecule has 1 amide bonds. The predicted octanol–water partition coefficient (Wildman–Crippen LogP) is 3.52. The molecule has 0 saturated carbocycles. The summed E-state index contributed by atoms with van der Waals surface area (Å²) < 4.78 is 1.93. The number of carbonyl (C=O) groups is 1. The molecule has 0 aromatic heterocycles. The van der Waals surface area contributed by atoms with Crippen LogP contribution in [0.2, 0.25) is 0 Å². The van der Waals surface area contributed by atoms with E-state index in [2.05, 4.69) is 55.7 Å². The molecule has 1 fully saturated rings. The summed E-state index contributed by atoms with van der Waals surface area (Å²) in [7, 11) is 0. The number of rotatable bonds is 4. The maximum absolute atomic E-state index is 12.2. The van der Waals surface area contributed by atoms with Gasteiger partial charge in [0, 0.05) is 14.6 Å². The average Bonchev–Trinajstić information content (AvgIpc) is 2.47. The van der Waals surface area contributed by atoms with Gasteiger partial charge in [0.2, 0.25) is 0 Å². The van der Waals surface area contributed by atoms with Gasteiger partial charge < -0.3 is 10.2 Å². The number of halogens is 2. The summed E-state index contributed by atoms with van der Waals surface area (Å²) in [6.45, 7) is 6.44. The van der Waals surface area contributed by atoms with E-state index in [1.54, 1.807) is 0 Å². The van der Waals surface area contributed by atoms with Gasteiger partial charge >= 0.3 is 0 Å². The molecular weight excluding hydrogens is 431 g/mol. The average molecular weight is 451 g/mol. The van der Waals surface area contributed by atoms with Crippen LogP contribution in [0.15, 0.2) is 22.7 Å². The molecule has 3 nitrogen and oxygen atoms in total. The van der Waals surface area contributed by atoms with Crippen LogP contribution in [-0.2, 0) is 0 Å². The van der Waals surface area contributed by atoms with Crippen molar-refractivity contribution in [3.8, 4) is 0 Å². The summed E-state index contributed by atoms with van der Waals surface area (Å²) >= 11 is 5.67. The molecule has 1 N–H and O–H groups in total. The molecule has 1 saturated heterocycles. The second-order valence-corrected chi connectivity index (χ2v) is 7.31. The zero-order valence-electron chi connectivity index (χ0n) is 11.7. The highest BCUT2D eigenvalue weighted by Gasteiger charge is 2.19. The van der Waals surface area contributed by atoms with Crippen molar-refractivity contribution in [3.63, 3.8) is 0 Å². The van der Waals surface area contributed by atoms with Crippen molar-refractivity contribution in [2.45, 2.75) is 19.8 Å². The van der Waals surface area contributed by atoms with Crippen molar-refractivity contribution in [3.05, 3.63) is 31.8 Å². The Bertz CT molecular complexity index is 473. The molecule has 1 aromatic carbocycles. The third kappa shape index (κ3) is 4.43. The van der Waals surface area contributed by atoms with Crippen LogP contribution in [0.5, 0.6) is 0 Å². The van der Waals surface area contributed by atoms with Gasteiger partial charge in [-0.25, -0.2) is 0 Å². The molecule has 0 radical (unpaired) electrons. The number of benzene rings is 1. The summed E-state index contributed by atoms with van der Waals surface area (Å²) in [4.78, 5) is 14.7. The number of hydrogen-bond donors (Lipinski definition) is 1. The van der Waals surface area contributed by atoms with Gasteiger partial charge in [0.1, 0.15) is 0 Å². The molecule has 0 atom stereocenters. The largest absolute Gasteiger partial charge is 0.352 e. The van der Waals surface area contributed by atoms with E-state index in [-0.39, 0.29) is 5.91 Å². The molecule has 0 bridgehead atoms. The van der Waals surface area contributed by atoms with Gasteiger partial charge in [-0.3, -0.25) is 4.79 Å². The Hall–Kier alpha value is -0.140. The van der Waals surface area contributed by atoms with Crippen molar-refractivity contribution in [1.29, 1.82) is 0 Å². The van der Waals surface area contributed by atoms with E-state index in [1.165, 1.54) is 12.8 Å². The second-order valence-electron chi connectivity index (χ2n) is 5.21. The molecule has 1 aromatic rings. The van der Waals surface area contributed by atoms with Crippen LogP contribution in [0.25, 0.3) is 0 Å². The van der Waals surface area contributed by atoms with Crippen LogP contribution < -0.4 is 5.32 Å². The molecule has 0 spiro atoms. The third-order valence-corrected chi connectivity index (χ3v) is 5.24. The lowest BCUT2D eigenvalue weighted by atomic mass is 9.97. The maximum atomic E-state index is 12.2. The minimum Gasteiger partial charge on any atom is -0.352 e. The number of likely N-dealkylation sites (tertiary alicyclic amines) is 1. The molecule has 110 valence electrons. The van der Waals surface area contributed by atoms with E-state index in [0.29, 0.717) is 5.92 Å². The lowest BCUT2D eigenvalue weighted by Crippen LogP contribution is -2.38. The molecule has 0 unspecified atom stereocenters. The van der Waals surface area contributed by atoms with Gasteiger partial charge in [-0.1, -0.05) is 6.92 Å². The number of nitrogens with zero attached hydrogens (tertiary/aromatic N) is 1. The predicted molar refractivity (Wildman–Crippen MR) is 94.0 cm³/mol. The van der Waals surface area contributed by atoms with Crippen molar-refractivity contribution in [2.24, 2.45) is 5.92 Å². The number of hydrogen-bond acceptors (Lipinski definition) is 2. The van der Waals surface area contributed by atoms with E-state index < -0.39 is 0 Å². The minimum absolute atomic E-state index is 0.0216. The number of amides is 1. The van der Waals surface area contributed by atoms with Crippen molar-refractivity contribution >= 4 is 44.4 Å². The Morgan fingerprint density at radius 2 is 2.15 bits per heavy atom. The zero-order valence-corrected chi connectivity index (χ0v) is 15.4. The molecule has 1 aliphatic rings.